The number of H-pyrrole nitrogens is 1. The van der Waals surface area contributed by atoms with Gasteiger partial charge in [0.2, 0.25) is 0 Å². The molecule has 2 aromatic heterocycles. The van der Waals surface area contributed by atoms with Crippen LogP contribution in [-0.2, 0) is 0 Å². The van der Waals surface area contributed by atoms with Gasteiger partial charge in [-0.15, -0.1) is 0 Å². The van der Waals surface area contributed by atoms with E-state index in [0.717, 1.165) is 24.2 Å². The zero-order valence-corrected chi connectivity index (χ0v) is 17.7. The summed E-state index contributed by atoms with van der Waals surface area (Å²) in [6, 6.07) is 8.44. The van der Waals surface area contributed by atoms with Gasteiger partial charge in [0.05, 0.1) is 25.6 Å². The van der Waals surface area contributed by atoms with Crippen LogP contribution < -0.4 is 15.0 Å². The van der Waals surface area contributed by atoms with Crippen molar-refractivity contribution in [2.24, 2.45) is 0 Å². The van der Waals surface area contributed by atoms with Crippen LogP contribution in [0.2, 0.25) is 0 Å². The van der Waals surface area contributed by atoms with E-state index in [2.05, 4.69) is 15.4 Å². The summed E-state index contributed by atoms with van der Waals surface area (Å²) in [5.41, 5.74) is 2.39. The summed E-state index contributed by atoms with van der Waals surface area (Å²) in [4.78, 5) is 26.7. The molecule has 1 amide bonds. The van der Waals surface area contributed by atoms with Gasteiger partial charge in [0.15, 0.2) is 17.3 Å². The average Bonchev–Trinajstić information content (AvgIpc) is 3.24. The van der Waals surface area contributed by atoms with Crippen molar-refractivity contribution in [1.82, 2.24) is 20.3 Å². The number of hydrogen-bond acceptors (Lipinski definition) is 7. The molecule has 0 radical (unpaired) electrons. The smallest absolute Gasteiger partial charge is 0.264 e. The second kappa shape index (κ2) is 8.63. The molecule has 3 aromatic rings. The van der Waals surface area contributed by atoms with Crippen LogP contribution in [0.5, 0.6) is 11.5 Å². The number of hydrogen-bond donors (Lipinski definition) is 1. The second-order valence-electron chi connectivity index (χ2n) is 7.50. The van der Waals surface area contributed by atoms with Gasteiger partial charge in [-0.3, -0.25) is 9.59 Å². The van der Waals surface area contributed by atoms with Crippen molar-refractivity contribution in [1.29, 1.82) is 0 Å². The Bertz CT molecular complexity index is 1140. The molecule has 1 N–H and O–H groups in total. The Morgan fingerprint density at radius 1 is 1.13 bits per heavy atom. The number of amides is 1. The van der Waals surface area contributed by atoms with Crippen molar-refractivity contribution in [3.8, 4) is 22.8 Å². The zero-order valence-electron chi connectivity index (χ0n) is 17.7. The highest BCUT2D eigenvalue weighted by molar-refractivity contribution is 5.95. The molecule has 0 bridgehead atoms. The van der Waals surface area contributed by atoms with Crippen molar-refractivity contribution in [2.45, 2.75) is 25.7 Å². The Morgan fingerprint density at radius 3 is 2.52 bits per heavy atom. The van der Waals surface area contributed by atoms with Gasteiger partial charge in [0.1, 0.15) is 0 Å². The summed E-state index contributed by atoms with van der Waals surface area (Å²) >= 11 is 0. The highest BCUT2D eigenvalue weighted by Gasteiger charge is 2.28. The molecule has 9 nitrogen and oxygen atoms in total. The zero-order chi connectivity index (χ0) is 22.0. The number of likely N-dealkylation sites (tertiary alicyclic amines) is 1. The van der Waals surface area contributed by atoms with Crippen LogP contribution in [0.1, 0.15) is 40.5 Å². The maximum absolute atomic E-state index is 13.0. The van der Waals surface area contributed by atoms with Crippen LogP contribution in [-0.4, -0.2) is 53.5 Å². The molecule has 31 heavy (non-hydrogen) atoms. The lowest BCUT2D eigenvalue weighted by molar-refractivity contribution is 0.0711. The number of nitrogens with zero attached hydrogens (tertiary/aromatic N) is 3. The van der Waals surface area contributed by atoms with Crippen molar-refractivity contribution in [3.05, 3.63) is 57.6 Å². The van der Waals surface area contributed by atoms with E-state index in [9.17, 15) is 9.59 Å². The third-order valence-electron chi connectivity index (χ3n) is 5.53. The van der Waals surface area contributed by atoms with Gasteiger partial charge in [0.25, 0.3) is 11.5 Å². The minimum Gasteiger partial charge on any atom is -0.493 e. The van der Waals surface area contributed by atoms with E-state index >= 15 is 0 Å². The first-order chi connectivity index (χ1) is 15.0. The normalized spacial score (nSPS) is 14.5. The Labute approximate surface area is 179 Å². The molecule has 1 aliphatic rings. The summed E-state index contributed by atoms with van der Waals surface area (Å²) in [5.74, 6) is 1.66. The molecule has 0 saturated carbocycles. The first kappa shape index (κ1) is 20.6. The van der Waals surface area contributed by atoms with E-state index in [0.29, 0.717) is 41.5 Å². The number of ether oxygens (including phenoxy) is 2. The van der Waals surface area contributed by atoms with Crippen LogP contribution in [0.25, 0.3) is 11.3 Å². The van der Waals surface area contributed by atoms with E-state index in [1.54, 1.807) is 38.5 Å². The van der Waals surface area contributed by atoms with E-state index in [1.165, 1.54) is 6.07 Å². The molecule has 9 heteroatoms. The molecule has 1 fully saturated rings. The van der Waals surface area contributed by atoms with E-state index in [-0.39, 0.29) is 17.4 Å². The van der Waals surface area contributed by atoms with Gasteiger partial charge in [0, 0.05) is 42.3 Å². The number of aromatic nitrogens is 3. The first-order valence-corrected chi connectivity index (χ1v) is 10.0. The summed E-state index contributed by atoms with van der Waals surface area (Å²) in [6.45, 7) is 2.98. The molecular weight excluding hydrogens is 400 g/mol. The largest absolute Gasteiger partial charge is 0.493 e. The van der Waals surface area contributed by atoms with Crippen LogP contribution in [0.4, 0.5) is 0 Å². The molecule has 1 aliphatic heterocycles. The third-order valence-corrected chi connectivity index (χ3v) is 5.53. The van der Waals surface area contributed by atoms with E-state index < -0.39 is 0 Å². The number of methoxy groups -OCH3 is 2. The summed E-state index contributed by atoms with van der Waals surface area (Å²) in [6.07, 6.45) is 1.44. The lowest BCUT2D eigenvalue weighted by atomic mass is 9.89. The van der Waals surface area contributed by atoms with Crippen LogP contribution in [0.15, 0.2) is 39.6 Å². The number of nitrogens with one attached hydrogen (secondary N) is 1. The number of aryl methyl sites for hydroxylation is 1. The number of carbonyl (C=O) groups excluding carboxylic acids is 1. The highest BCUT2D eigenvalue weighted by atomic mass is 16.5. The second-order valence-corrected chi connectivity index (χ2v) is 7.50. The minimum absolute atomic E-state index is 0.0556. The molecule has 0 aliphatic carbocycles. The third kappa shape index (κ3) is 4.16. The lowest BCUT2D eigenvalue weighted by Gasteiger charge is -2.32. The highest BCUT2D eigenvalue weighted by Crippen LogP contribution is 2.34. The van der Waals surface area contributed by atoms with Gasteiger partial charge in [-0.25, -0.2) is 5.10 Å². The molecule has 1 saturated heterocycles. The Balaban J connectivity index is 1.51. The van der Waals surface area contributed by atoms with Crippen LogP contribution in [0.3, 0.4) is 0 Å². The van der Waals surface area contributed by atoms with Gasteiger partial charge in [-0.1, -0.05) is 5.16 Å². The molecule has 1 aromatic carbocycles. The Hall–Kier alpha value is -3.62. The van der Waals surface area contributed by atoms with Crippen LogP contribution >= 0.6 is 0 Å². The summed E-state index contributed by atoms with van der Waals surface area (Å²) < 4.78 is 15.9. The molecule has 162 valence electrons. The number of benzene rings is 1. The Morgan fingerprint density at radius 2 is 1.87 bits per heavy atom. The van der Waals surface area contributed by atoms with Gasteiger partial charge >= 0.3 is 0 Å². The van der Waals surface area contributed by atoms with Crippen LogP contribution in [0, 0.1) is 6.92 Å². The number of piperidine rings is 1. The summed E-state index contributed by atoms with van der Waals surface area (Å²) in [7, 11) is 3.10. The molecule has 3 heterocycles. The molecule has 0 unspecified atom stereocenters. The summed E-state index contributed by atoms with van der Waals surface area (Å²) in [5, 5.41) is 10.7. The fraction of sp³-hybridized carbons (Fsp3) is 0.364. The van der Waals surface area contributed by atoms with Gasteiger partial charge in [-0.2, -0.15) is 5.10 Å². The van der Waals surface area contributed by atoms with Crippen molar-refractivity contribution < 1.29 is 18.8 Å². The monoisotopic (exact) mass is 424 g/mol. The standard InChI is InChI=1S/C22H24N4O5/c1-13-10-18(31-25-13)16-12-20(27)23-24-21(16)14-6-8-26(9-7-14)22(28)15-4-5-17(29-2)19(11-15)30-3/h4-5,10-12,14H,6-9H2,1-3H3,(H,23,27). The van der Waals surface area contributed by atoms with Gasteiger partial charge in [-0.05, 0) is 38.0 Å². The Kier molecular flexibility index (Phi) is 5.75. The van der Waals surface area contributed by atoms with Gasteiger partial charge < -0.3 is 18.9 Å². The van der Waals surface area contributed by atoms with Crippen molar-refractivity contribution in [3.63, 3.8) is 0 Å². The van der Waals surface area contributed by atoms with E-state index in [4.69, 9.17) is 14.0 Å². The SMILES string of the molecule is COc1ccc(C(=O)N2CCC(c3n[nH]c(=O)cc3-c3cc(C)no3)CC2)cc1OC. The van der Waals surface area contributed by atoms with Crippen molar-refractivity contribution in [2.75, 3.05) is 27.3 Å². The average molecular weight is 424 g/mol. The predicted molar refractivity (Wildman–Crippen MR) is 113 cm³/mol. The molecule has 0 spiro atoms. The molecule has 0 atom stereocenters. The van der Waals surface area contributed by atoms with E-state index in [1.807, 2.05) is 11.8 Å². The predicted octanol–water partition coefficient (Wildman–Crippen LogP) is 2.77. The fourth-order valence-electron chi connectivity index (χ4n) is 3.92. The lowest BCUT2D eigenvalue weighted by Crippen LogP contribution is -2.38. The number of rotatable bonds is 5. The number of aromatic amines is 1. The van der Waals surface area contributed by atoms with Crippen molar-refractivity contribution >= 4 is 5.91 Å². The minimum atomic E-state index is -0.297. The quantitative estimate of drug-likeness (QED) is 0.670. The molecular formula is C22H24N4O5. The topological polar surface area (TPSA) is 111 Å². The maximum Gasteiger partial charge on any atom is 0.264 e. The molecule has 4 rings (SSSR count). The maximum atomic E-state index is 13.0. The fourth-order valence-corrected chi connectivity index (χ4v) is 3.92. The number of carbonyl (C=O) groups is 1. The first-order valence-electron chi connectivity index (χ1n) is 10.0.